The Labute approximate surface area is 302 Å². The fraction of sp³-hybridized carbons (Fsp3) is 0.476. The molecule has 2 aromatic rings. The molecule has 2 aromatic carbocycles. The minimum atomic E-state index is -1.70. The maximum absolute atomic E-state index is 4.93. The van der Waals surface area contributed by atoms with E-state index in [0.717, 1.165) is 22.9 Å². The predicted molar refractivity (Wildman–Crippen MR) is 206 cm³/mol. The van der Waals surface area contributed by atoms with Crippen LogP contribution in [0.3, 0.4) is 0 Å². The number of halogens is 2. The molecule has 8 unspecified atom stereocenters. The van der Waals surface area contributed by atoms with Crippen LogP contribution in [0.25, 0.3) is 11.1 Å². The fourth-order valence-corrected chi connectivity index (χ4v) is 17.8. The van der Waals surface area contributed by atoms with Crippen LogP contribution < -0.4 is 0 Å². The molecule has 0 bridgehead atoms. The molecule has 0 amide bonds. The number of allylic oxidation sites excluding steroid dienone is 8. The second kappa shape index (κ2) is 18.7. The molecule has 0 saturated heterocycles. The van der Waals surface area contributed by atoms with E-state index in [4.69, 9.17) is 17.0 Å². The van der Waals surface area contributed by atoms with E-state index in [1.807, 2.05) is 0 Å². The van der Waals surface area contributed by atoms with Crippen LogP contribution in [0.15, 0.2) is 97.1 Å². The summed E-state index contributed by atoms with van der Waals surface area (Å²) in [4.78, 5) is 0. The first-order valence-electron chi connectivity index (χ1n) is 17.3. The molecule has 0 aliphatic heterocycles. The van der Waals surface area contributed by atoms with Crippen molar-refractivity contribution in [3.05, 3.63) is 123 Å². The van der Waals surface area contributed by atoms with Gasteiger partial charge in [-0.2, -0.15) is 0 Å². The molecule has 4 heteroatoms. The van der Waals surface area contributed by atoms with Crippen molar-refractivity contribution in [1.82, 2.24) is 0 Å². The van der Waals surface area contributed by atoms with E-state index in [-0.39, 0.29) is 14.9 Å². The van der Waals surface area contributed by atoms with Crippen molar-refractivity contribution in [3.63, 3.8) is 0 Å². The molecular formula is C42H58Cl2SiZr. The molecular weight excluding hydrogens is 695 g/mol. The number of fused-ring (bicyclic) bond motifs is 2. The molecule has 2 saturated carbocycles. The van der Waals surface area contributed by atoms with Gasteiger partial charge in [0.15, 0.2) is 0 Å². The molecule has 2 fully saturated rings. The normalized spacial score (nSPS) is 30.1. The van der Waals surface area contributed by atoms with E-state index >= 15 is 0 Å². The predicted octanol–water partition coefficient (Wildman–Crippen LogP) is 13.9. The Bertz CT molecular complexity index is 1220. The monoisotopic (exact) mass is 750 g/mol. The van der Waals surface area contributed by atoms with Crippen molar-refractivity contribution in [2.24, 2.45) is 35.5 Å². The second-order valence-electron chi connectivity index (χ2n) is 14.3. The van der Waals surface area contributed by atoms with E-state index in [9.17, 15) is 0 Å². The summed E-state index contributed by atoms with van der Waals surface area (Å²) in [6.45, 7) is 10.5. The third-order valence-corrected chi connectivity index (χ3v) is 18.2. The van der Waals surface area contributed by atoms with Crippen LogP contribution in [0.5, 0.6) is 0 Å². The third-order valence-electron chi connectivity index (χ3n) is 11.8. The van der Waals surface area contributed by atoms with Gasteiger partial charge >= 0.3 is 37.9 Å². The summed E-state index contributed by atoms with van der Waals surface area (Å²) in [6.07, 6.45) is 24.8. The zero-order valence-electron chi connectivity index (χ0n) is 29.3. The zero-order valence-corrected chi connectivity index (χ0v) is 34.2. The van der Waals surface area contributed by atoms with Gasteiger partial charge in [0.05, 0.1) is 8.07 Å². The maximum atomic E-state index is 4.93. The Kier molecular flexibility index (Phi) is 16.1. The summed E-state index contributed by atoms with van der Waals surface area (Å²) >= 11 is -0.826. The van der Waals surface area contributed by atoms with Gasteiger partial charge in [-0.15, -0.1) is 0 Å². The Hall–Kier alpha value is -0.920. The SMILES string of the molecule is CCCCCCC[Si](C)(C1C(C)CC2C(c3ccccc3)=CC=CC21)C1C(C)CC2C(c3ccccc3)=CC=CC21.[CH3-].[CH3-].[Cl][Zr+2][Cl]. The van der Waals surface area contributed by atoms with Crippen molar-refractivity contribution in [1.29, 1.82) is 0 Å². The van der Waals surface area contributed by atoms with Crippen molar-refractivity contribution in [3.8, 4) is 0 Å². The van der Waals surface area contributed by atoms with Gasteiger partial charge in [0.1, 0.15) is 0 Å². The van der Waals surface area contributed by atoms with Crippen molar-refractivity contribution >= 4 is 36.2 Å². The molecule has 0 spiro atoms. The Balaban J connectivity index is 0.00000111. The summed E-state index contributed by atoms with van der Waals surface area (Å²) in [7, 11) is 8.16. The summed E-state index contributed by atoms with van der Waals surface area (Å²) in [5, 5.41) is 0. The molecule has 0 heterocycles. The summed E-state index contributed by atoms with van der Waals surface area (Å²) in [6, 6.07) is 24.1. The Morgan fingerprint density at radius 1 is 0.674 bits per heavy atom. The van der Waals surface area contributed by atoms with Crippen LogP contribution in [0.1, 0.15) is 76.8 Å². The first-order chi connectivity index (χ1) is 21.4. The van der Waals surface area contributed by atoms with Crippen LogP contribution in [0.2, 0.25) is 23.7 Å². The number of benzene rings is 2. The number of hydrogen-bond donors (Lipinski definition) is 0. The minimum absolute atomic E-state index is 0. The average molecular weight is 753 g/mol. The van der Waals surface area contributed by atoms with Gasteiger partial charge in [0.25, 0.3) is 0 Å². The first-order valence-corrected chi connectivity index (χ1v) is 26.5. The van der Waals surface area contributed by atoms with E-state index in [1.54, 1.807) is 11.1 Å². The molecule has 0 N–H and O–H groups in total. The second-order valence-corrected chi connectivity index (χ2v) is 22.9. The van der Waals surface area contributed by atoms with Gasteiger partial charge in [0, 0.05) is 0 Å². The van der Waals surface area contributed by atoms with Gasteiger partial charge in [0.2, 0.25) is 0 Å². The molecule has 6 rings (SSSR count). The Morgan fingerprint density at radius 3 is 1.50 bits per heavy atom. The first kappa shape index (κ1) is 39.5. The zero-order chi connectivity index (χ0) is 31.1. The average Bonchev–Trinajstić information content (AvgIpc) is 3.58. The molecule has 4 aliphatic rings. The third kappa shape index (κ3) is 8.44. The quantitative estimate of drug-likeness (QED) is 0.129. The summed E-state index contributed by atoms with van der Waals surface area (Å²) in [5.74, 6) is 4.39. The van der Waals surface area contributed by atoms with Gasteiger partial charge < -0.3 is 14.9 Å². The van der Waals surface area contributed by atoms with Gasteiger partial charge in [-0.25, -0.2) is 0 Å². The molecule has 0 radical (unpaired) electrons. The van der Waals surface area contributed by atoms with Gasteiger partial charge in [-0.3, -0.25) is 0 Å². The van der Waals surface area contributed by atoms with Crippen LogP contribution in [0.4, 0.5) is 0 Å². The van der Waals surface area contributed by atoms with Crippen LogP contribution in [0, 0.1) is 50.4 Å². The van der Waals surface area contributed by atoms with Gasteiger partial charge in [-0.05, 0) is 81.7 Å². The number of unbranched alkanes of at least 4 members (excludes halogenated alkanes) is 4. The van der Waals surface area contributed by atoms with Crippen LogP contribution >= 0.6 is 17.0 Å². The molecule has 46 heavy (non-hydrogen) atoms. The van der Waals surface area contributed by atoms with E-state index < -0.39 is 28.9 Å². The van der Waals surface area contributed by atoms with Crippen molar-refractivity contribution in [2.45, 2.75) is 89.4 Å². The molecule has 8 atom stereocenters. The topological polar surface area (TPSA) is 0 Å². The van der Waals surface area contributed by atoms with Gasteiger partial charge in [-0.1, -0.05) is 163 Å². The number of hydrogen-bond acceptors (Lipinski definition) is 0. The summed E-state index contributed by atoms with van der Waals surface area (Å²) < 4.78 is 0. The molecule has 248 valence electrons. The van der Waals surface area contributed by atoms with Crippen molar-refractivity contribution < 1.29 is 20.8 Å². The van der Waals surface area contributed by atoms with Crippen LogP contribution in [-0.2, 0) is 20.8 Å². The number of rotatable bonds is 10. The fourth-order valence-electron chi connectivity index (χ4n) is 10.4. The Morgan fingerprint density at radius 2 is 1.09 bits per heavy atom. The van der Waals surface area contributed by atoms with E-state index in [1.165, 1.54) is 62.1 Å². The van der Waals surface area contributed by atoms with E-state index in [2.05, 4.69) is 124 Å². The van der Waals surface area contributed by atoms with Crippen LogP contribution in [-0.4, -0.2) is 8.07 Å². The molecule has 0 aromatic heterocycles. The van der Waals surface area contributed by atoms with E-state index in [0.29, 0.717) is 23.7 Å². The summed E-state index contributed by atoms with van der Waals surface area (Å²) in [5.41, 5.74) is 7.85. The standard InChI is InChI=1S/C40H52Si.2CH3.2ClH.Zr/c1-5-6-7-8-15-26-41(4,39-29(2)27-37-33(22-16-24-35(37)39)31-18-11-9-12-19-31)40-30(3)28-38-34(23-17-25-36(38)40)32-20-13-10-14-21-32;;;;;/h9-14,16-25,29-30,35-40H,5-8,15,26-28H2,1-4H3;2*1H3;2*1H;/q;2*-1;;;+4/p-2. The molecule has 4 aliphatic carbocycles. The molecule has 0 nitrogen and oxygen atoms in total. The van der Waals surface area contributed by atoms with Crippen molar-refractivity contribution in [2.75, 3.05) is 0 Å².